The van der Waals surface area contributed by atoms with Gasteiger partial charge in [0.15, 0.2) is 0 Å². The largest absolute Gasteiger partial charge is 0.273 e. The third kappa shape index (κ3) is 2.20. The third-order valence-electron chi connectivity index (χ3n) is 2.33. The van der Waals surface area contributed by atoms with Gasteiger partial charge in [0.25, 0.3) is 10.0 Å². The van der Waals surface area contributed by atoms with Crippen molar-refractivity contribution in [3.05, 3.63) is 41.5 Å². The molecule has 2 heterocycles. The van der Waals surface area contributed by atoms with Gasteiger partial charge < -0.3 is 0 Å². The number of anilines is 1. The van der Waals surface area contributed by atoms with Gasteiger partial charge in [-0.15, -0.1) is 11.3 Å². The second kappa shape index (κ2) is 4.76. The molecule has 0 aliphatic carbocycles. The zero-order chi connectivity index (χ0) is 13.2. The molecule has 0 fully saturated rings. The highest BCUT2D eigenvalue weighted by molar-refractivity contribution is 7.94. The minimum absolute atomic E-state index is 0.151. The van der Waals surface area contributed by atoms with Gasteiger partial charge in [-0.3, -0.25) is 9.29 Å². The Morgan fingerprint density at radius 1 is 1.28 bits per heavy atom. The fraction of sp³-hybridized carbons (Fsp3) is 0.0909. The highest BCUT2D eigenvalue weighted by Gasteiger charge is 2.23. The number of nitriles is 1. The van der Waals surface area contributed by atoms with Gasteiger partial charge >= 0.3 is 0 Å². The maximum atomic E-state index is 12.3. The van der Waals surface area contributed by atoms with E-state index < -0.39 is 10.0 Å². The molecule has 0 saturated carbocycles. The van der Waals surface area contributed by atoms with E-state index >= 15 is 0 Å². The number of nitrogens with zero attached hydrogens (tertiary/aromatic N) is 3. The fourth-order valence-electron chi connectivity index (χ4n) is 1.35. The second-order valence-corrected chi connectivity index (χ2v) is 6.69. The lowest BCUT2D eigenvalue weighted by atomic mass is 10.4. The van der Waals surface area contributed by atoms with Crippen molar-refractivity contribution in [3.8, 4) is 6.07 Å². The van der Waals surface area contributed by atoms with Crippen molar-refractivity contribution >= 4 is 27.0 Å². The van der Waals surface area contributed by atoms with Crippen LogP contribution in [0.1, 0.15) is 4.88 Å². The Morgan fingerprint density at radius 3 is 2.50 bits per heavy atom. The van der Waals surface area contributed by atoms with Crippen molar-refractivity contribution in [2.24, 2.45) is 0 Å². The molecular weight excluding hydrogens is 270 g/mol. The van der Waals surface area contributed by atoms with E-state index in [0.29, 0.717) is 10.6 Å². The SMILES string of the molecule is CN(c1ccncc1)S(=O)(=O)c1ccc(C#N)s1. The predicted molar refractivity (Wildman–Crippen MR) is 68.9 cm³/mol. The minimum atomic E-state index is -3.61. The average molecular weight is 279 g/mol. The molecule has 7 heteroatoms. The zero-order valence-corrected chi connectivity index (χ0v) is 11.1. The van der Waals surface area contributed by atoms with Crippen LogP contribution in [0.3, 0.4) is 0 Å². The summed E-state index contributed by atoms with van der Waals surface area (Å²) in [4.78, 5) is 4.21. The monoisotopic (exact) mass is 279 g/mol. The van der Waals surface area contributed by atoms with Crippen LogP contribution in [0.25, 0.3) is 0 Å². The maximum Gasteiger partial charge on any atom is 0.273 e. The molecule has 0 bridgehead atoms. The Morgan fingerprint density at radius 2 is 1.94 bits per heavy atom. The maximum absolute atomic E-state index is 12.3. The average Bonchev–Trinajstić information content (AvgIpc) is 2.88. The minimum Gasteiger partial charge on any atom is -0.269 e. The van der Waals surface area contributed by atoms with Crippen LogP contribution in [-0.2, 0) is 10.0 Å². The number of sulfonamides is 1. The molecular formula is C11H9N3O2S2. The molecule has 0 aliphatic heterocycles. The molecule has 0 atom stereocenters. The third-order valence-corrected chi connectivity index (χ3v) is 5.58. The molecule has 2 aromatic rings. The summed E-state index contributed by atoms with van der Waals surface area (Å²) in [5, 5.41) is 8.72. The lowest BCUT2D eigenvalue weighted by Crippen LogP contribution is -2.25. The summed E-state index contributed by atoms with van der Waals surface area (Å²) in [6, 6.07) is 8.08. The number of rotatable bonds is 3. The first-order chi connectivity index (χ1) is 8.55. The van der Waals surface area contributed by atoms with E-state index in [0.717, 1.165) is 11.3 Å². The quantitative estimate of drug-likeness (QED) is 0.859. The lowest BCUT2D eigenvalue weighted by Gasteiger charge is -2.17. The lowest BCUT2D eigenvalue weighted by molar-refractivity contribution is 0.596. The number of pyridine rings is 1. The molecule has 2 rings (SSSR count). The van der Waals surface area contributed by atoms with Crippen molar-refractivity contribution in [1.29, 1.82) is 5.26 Å². The van der Waals surface area contributed by atoms with Crippen molar-refractivity contribution in [3.63, 3.8) is 0 Å². The van der Waals surface area contributed by atoms with E-state index in [-0.39, 0.29) is 4.21 Å². The van der Waals surface area contributed by atoms with Crippen molar-refractivity contribution in [1.82, 2.24) is 4.98 Å². The Kier molecular flexibility index (Phi) is 3.32. The van der Waals surface area contributed by atoms with Crippen LogP contribution < -0.4 is 4.31 Å². The van der Waals surface area contributed by atoms with E-state index in [1.54, 1.807) is 12.1 Å². The van der Waals surface area contributed by atoms with Gasteiger partial charge in [0.1, 0.15) is 15.2 Å². The fourth-order valence-corrected chi connectivity index (χ4v) is 3.82. The van der Waals surface area contributed by atoms with E-state index in [9.17, 15) is 8.42 Å². The van der Waals surface area contributed by atoms with Crippen LogP contribution in [0, 0.1) is 11.3 Å². The molecule has 92 valence electrons. The summed E-state index contributed by atoms with van der Waals surface area (Å²) in [5.74, 6) is 0. The van der Waals surface area contributed by atoms with Gasteiger partial charge in [0, 0.05) is 19.4 Å². The molecule has 0 spiro atoms. The van der Waals surface area contributed by atoms with Crippen LogP contribution in [0.5, 0.6) is 0 Å². The number of thiophene rings is 1. The van der Waals surface area contributed by atoms with Crippen LogP contribution in [-0.4, -0.2) is 20.4 Å². The summed E-state index contributed by atoms with van der Waals surface area (Å²) < 4.78 is 25.9. The van der Waals surface area contributed by atoms with Crippen LogP contribution >= 0.6 is 11.3 Å². The number of hydrogen-bond acceptors (Lipinski definition) is 5. The molecule has 0 amide bonds. The molecule has 0 aliphatic rings. The highest BCUT2D eigenvalue weighted by Crippen LogP contribution is 2.26. The molecule has 18 heavy (non-hydrogen) atoms. The van der Waals surface area contributed by atoms with Gasteiger partial charge in [0.05, 0.1) is 5.69 Å². The summed E-state index contributed by atoms with van der Waals surface area (Å²) in [6.45, 7) is 0. The van der Waals surface area contributed by atoms with Crippen molar-refractivity contribution in [2.45, 2.75) is 4.21 Å². The Bertz CT molecular complexity index is 687. The molecule has 5 nitrogen and oxygen atoms in total. The Hall–Kier alpha value is -1.91. The van der Waals surface area contributed by atoms with Crippen LogP contribution in [0.15, 0.2) is 40.9 Å². The molecule has 2 aromatic heterocycles. The van der Waals surface area contributed by atoms with Crippen LogP contribution in [0.2, 0.25) is 0 Å². The Labute approximate surface area is 109 Å². The van der Waals surface area contributed by atoms with E-state index in [1.165, 1.54) is 35.9 Å². The smallest absolute Gasteiger partial charge is 0.269 e. The summed E-state index contributed by atoms with van der Waals surface area (Å²) in [5.41, 5.74) is 0.525. The Balaban J connectivity index is 2.41. The molecule has 0 N–H and O–H groups in total. The summed E-state index contributed by atoms with van der Waals surface area (Å²) in [7, 11) is -2.14. The van der Waals surface area contributed by atoms with E-state index in [1.807, 2.05) is 6.07 Å². The molecule has 0 aromatic carbocycles. The second-order valence-electron chi connectivity index (χ2n) is 3.41. The van der Waals surface area contributed by atoms with Crippen LogP contribution in [0.4, 0.5) is 5.69 Å². The standard InChI is InChI=1S/C11H9N3O2S2/c1-14(9-4-6-13-7-5-9)18(15,16)11-3-2-10(8-12)17-11/h2-7H,1H3. The predicted octanol–water partition coefficient (Wildman–Crippen LogP) is 1.84. The van der Waals surface area contributed by atoms with Crippen molar-refractivity contribution < 1.29 is 8.42 Å². The topological polar surface area (TPSA) is 74.1 Å². The number of aromatic nitrogens is 1. The molecule has 0 radical (unpaired) electrons. The van der Waals surface area contributed by atoms with E-state index in [4.69, 9.17) is 5.26 Å². The van der Waals surface area contributed by atoms with Gasteiger partial charge in [-0.2, -0.15) is 5.26 Å². The highest BCUT2D eigenvalue weighted by atomic mass is 32.2. The summed E-state index contributed by atoms with van der Waals surface area (Å²) in [6.07, 6.45) is 3.05. The first kappa shape index (κ1) is 12.5. The van der Waals surface area contributed by atoms with Gasteiger partial charge in [-0.1, -0.05) is 0 Å². The number of hydrogen-bond donors (Lipinski definition) is 0. The molecule has 0 saturated heterocycles. The van der Waals surface area contributed by atoms with Gasteiger partial charge in [-0.25, -0.2) is 8.42 Å². The zero-order valence-electron chi connectivity index (χ0n) is 9.44. The first-order valence-corrected chi connectivity index (χ1v) is 7.20. The summed E-state index contributed by atoms with van der Waals surface area (Å²) >= 11 is 0.956. The van der Waals surface area contributed by atoms with Gasteiger partial charge in [0.2, 0.25) is 0 Å². The normalized spacial score (nSPS) is 10.9. The van der Waals surface area contributed by atoms with Crippen molar-refractivity contribution in [2.75, 3.05) is 11.4 Å². The van der Waals surface area contributed by atoms with E-state index in [2.05, 4.69) is 4.98 Å². The first-order valence-electron chi connectivity index (χ1n) is 4.94. The molecule has 0 unspecified atom stereocenters. The van der Waals surface area contributed by atoms with Gasteiger partial charge in [-0.05, 0) is 24.3 Å².